The largest absolute Gasteiger partial charge is 0.342 e. The number of fused-ring (bicyclic) bond motifs is 1. The van der Waals surface area contributed by atoms with E-state index in [2.05, 4.69) is 53.0 Å². The molecule has 2 atom stereocenters. The molecule has 5 fully saturated rings. The lowest BCUT2D eigenvalue weighted by Gasteiger charge is -2.41. The topological polar surface area (TPSA) is 180 Å². The van der Waals surface area contributed by atoms with Crippen molar-refractivity contribution in [1.82, 2.24) is 44.9 Å². The predicted molar refractivity (Wildman–Crippen MR) is 318 cm³/mol. The van der Waals surface area contributed by atoms with Crippen molar-refractivity contribution in [3.05, 3.63) is 111 Å². The van der Waals surface area contributed by atoms with E-state index in [1.54, 1.807) is 41.0 Å². The number of nitrogens with zero attached hydrogens (tertiary/aromatic N) is 7. The van der Waals surface area contributed by atoms with Gasteiger partial charge in [-0.25, -0.2) is 9.49 Å². The fraction of sp³-hybridized carbons (Fsp3) is 0.594. The zero-order valence-electron chi connectivity index (χ0n) is 49.4. The summed E-state index contributed by atoms with van der Waals surface area (Å²) in [5.74, 6) is -0.286. The minimum atomic E-state index is -0.605. The number of piperazine rings is 2. The Kier molecular flexibility index (Phi) is 26.0. The van der Waals surface area contributed by atoms with Gasteiger partial charge in [-0.1, -0.05) is 109 Å². The van der Waals surface area contributed by atoms with Gasteiger partial charge in [-0.05, 0) is 112 Å². The van der Waals surface area contributed by atoms with Crippen LogP contribution in [-0.2, 0) is 25.6 Å². The number of unbranched alkanes of at least 4 members (excludes halogenated alkanes) is 2. The van der Waals surface area contributed by atoms with Crippen molar-refractivity contribution in [2.24, 2.45) is 11.8 Å². The molecule has 5 amide bonds. The first-order valence-electron chi connectivity index (χ1n) is 30.3. The van der Waals surface area contributed by atoms with Gasteiger partial charge in [0, 0.05) is 102 Å². The maximum Gasteiger partial charge on any atom is 0.272 e. The van der Waals surface area contributed by atoms with E-state index in [0.717, 1.165) is 109 Å². The summed E-state index contributed by atoms with van der Waals surface area (Å²) in [6, 6.07) is 18.8. The number of hydrogen-bond acceptors (Lipinski definition) is 10. The van der Waals surface area contributed by atoms with Crippen LogP contribution in [0.5, 0.6) is 0 Å². The number of carbonyl (C=O) groups is 6. The van der Waals surface area contributed by atoms with E-state index in [9.17, 15) is 28.8 Å². The number of carbonyl (C=O) groups excluding carboxylic acids is 6. The molecular weight excluding hydrogens is 1030 g/mol. The molecule has 81 heavy (non-hydrogen) atoms. The van der Waals surface area contributed by atoms with E-state index >= 15 is 4.39 Å². The molecule has 17 heteroatoms. The van der Waals surface area contributed by atoms with Crippen LogP contribution in [0.25, 0.3) is 10.8 Å². The first-order valence-corrected chi connectivity index (χ1v) is 30.3. The van der Waals surface area contributed by atoms with Crippen LogP contribution in [-0.4, -0.2) is 173 Å². The molecule has 9 rings (SSSR count). The van der Waals surface area contributed by atoms with Gasteiger partial charge in [-0.15, -0.1) is 0 Å². The number of rotatable bonds is 14. The summed E-state index contributed by atoms with van der Waals surface area (Å²) in [7, 11) is 0. The van der Waals surface area contributed by atoms with Gasteiger partial charge >= 0.3 is 0 Å². The molecular formula is C64H92FN9O7. The van der Waals surface area contributed by atoms with E-state index in [1.807, 2.05) is 46.2 Å². The second kappa shape index (κ2) is 32.9. The zero-order chi connectivity index (χ0) is 58.3. The van der Waals surface area contributed by atoms with Gasteiger partial charge in [0.15, 0.2) is 0 Å². The molecule has 3 aromatic carbocycles. The first kappa shape index (κ1) is 63.8. The molecule has 4 aliphatic heterocycles. The number of aromatic nitrogens is 2. The number of benzene rings is 3. The number of amides is 5. The number of halogens is 1. The molecule has 5 heterocycles. The SMILES string of the molecule is CC(=O)N1CCCC(c2cccc(C(=O)NC(C(=O)N3CCN(CC4CCN(CC(=O)N5CCN(C(=O)c6cc(Cc7n[nH]c(=O)c8ccccc78)ccc6F)CC5)CC4)CC3)C3CCCCC3)c2)C1.CC=O.CCCC.CCCC. The Morgan fingerprint density at radius 2 is 1.32 bits per heavy atom. The van der Waals surface area contributed by atoms with Crippen LogP contribution < -0.4 is 10.9 Å². The van der Waals surface area contributed by atoms with Crippen molar-refractivity contribution >= 4 is 46.6 Å². The molecule has 442 valence electrons. The number of likely N-dealkylation sites (tertiary alicyclic amines) is 2. The van der Waals surface area contributed by atoms with Crippen molar-refractivity contribution in [2.45, 2.75) is 143 Å². The van der Waals surface area contributed by atoms with Crippen molar-refractivity contribution in [3.8, 4) is 0 Å². The number of piperidine rings is 2. The Hall–Kier alpha value is -6.33. The van der Waals surface area contributed by atoms with Crippen LogP contribution >= 0.6 is 0 Å². The van der Waals surface area contributed by atoms with Gasteiger partial charge in [-0.2, -0.15) is 5.10 Å². The summed E-state index contributed by atoms with van der Waals surface area (Å²) in [6.07, 6.45) is 15.4. The Bertz CT molecular complexity index is 2720. The highest BCUT2D eigenvalue weighted by atomic mass is 19.1. The second-order valence-electron chi connectivity index (χ2n) is 22.6. The molecule has 5 aliphatic rings. The van der Waals surface area contributed by atoms with Crippen LogP contribution in [0.1, 0.15) is 168 Å². The Labute approximate surface area is 480 Å². The molecule has 1 aliphatic carbocycles. The quantitative estimate of drug-likeness (QED) is 0.116. The summed E-state index contributed by atoms with van der Waals surface area (Å²) in [6.45, 7) is 20.4. The van der Waals surface area contributed by atoms with Gasteiger partial charge < -0.3 is 29.7 Å². The van der Waals surface area contributed by atoms with E-state index in [1.165, 1.54) is 38.7 Å². The maximum atomic E-state index is 15.1. The average molecular weight is 1120 g/mol. The monoisotopic (exact) mass is 1120 g/mol. The van der Waals surface area contributed by atoms with Gasteiger partial charge in [0.1, 0.15) is 18.1 Å². The number of aromatic amines is 1. The minimum absolute atomic E-state index is 0.0218. The van der Waals surface area contributed by atoms with Crippen LogP contribution in [0.3, 0.4) is 0 Å². The molecule has 4 saturated heterocycles. The normalized spacial score (nSPS) is 18.7. The van der Waals surface area contributed by atoms with Gasteiger partial charge in [0.2, 0.25) is 17.7 Å². The van der Waals surface area contributed by atoms with E-state index < -0.39 is 17.8 Å². The number of nitrogens with one attached hydrogen (secondary N) is 2. The lowest BCUT2D eigenvalue weighted by Crippen LogP contribution is -2.57. The van der Waals surface area contributed by atoms with Crippen LogP contribution in [0.15, 0.2) is 71.5 Å². The molecule has 16 nitrogen and oxygen atoms in total. The fourth-order valence-electron chi connectivity index (χ4n) is 11.5. The van der Waals surface area contributed by atoms with Crippen molar-refractivity contribution in [2.75, 3.05) is 91.6 Å². The summed E-state index contributed by atoms with van der Waals surface area (Å²) >= 11 is 0. The highest BCUT2D eigenvalue weighted by Crippen LogP contribution is 2.31. The van der Waals surface area contributed by atoms with Crippen LogP contribution in [0, 0.1) is 17.7 Å². The van der Waals surface area contributed by atoms with Crippen molar-refractivity contribution < 1.29 is 33.2 Å². The number of H-pyrrole nitrogens is 1. The average Bonchev–Trinajstić information content (AvgIpc) is 3.66. The van der Waals surface area contributed by atoms with Gasteiger partial charge in [-0.3, -0.25) is 38.6 Å². The minimum Gasteiger partial charge on any atom is -0.342 e. The molecule has 1 aromatic heterocycles. The Morgan fingerprint density at radius 1 is 0.691 bits per heavy atom. The smallest absolute Gasteiger partial charge is 0.272 e. The summed E-state index contributed by atoms with van der Waals surface area (Å²) in [4.78, 5) is 100. The third-order valence-electron chi connectivity index (χ3n) is 16.8. The summed E-state index contributed by atoms with van der Waals surface area (Å²) < 4.78 is 15.1. The van der Waals surface area contributed by atoms with E-state index in [0.29, 0.717) is 92.3 Å². The third-order valence-corrected chi connectivity index (χ3v) is 16.8. The van der Waals surface area contributed by atoms with Crippen LogP contribution in [0.2, 0.25) is 0 Å². The standard InChI is InChI=1S/C54H68FN9O6.2C4H10.C2H4O/c1-37(65)64-20-8-13-43(35-64)41-11-7-12-42(33-41)51(67)56-50(40-9-3-2-4-10-40)54(70)63-25-23-60(24-26-63)34-38-18-21-59(22-19-38)36-49(66)61-27-29-62(30-28-61)53(69)46-31-39(16-17-47(46)55)32-48-44-14-5-6-15-45(44)52(68)58-57-48;2*1-3-4-2;1-2-3/h5-7,11-12,14-17,31,33,38,40,43,50H,2-4,8-10,13,18-30,32,34-36H2,1H3,(H,56,67)(H,58,68);2*3-4H2,1-2H3;2H,1H3. The van der Waals surface area contributed by atoms with E-state index in [4.69, 9.17) is 4.79 Å². The zero-order valence-corrected chi connectivity index (χ0v) is 49.4. The second-order valence-corrected chi connectivity index (χ2v) is 22.6. The fourth-order valence-corrected chi connectivity index (χ4v) is 11.5. The Balaban J connectivity index is 0.000000884. The molecule has 0 bridgehead atoms. The lowest BCUT2D eigenvalue weighted by molar-refractivity contribution is -0.137. The molecule has 0 radical (unpaired) electrons. The van der Waals surface area contributed by atoms with Crippen molar-refractivity contribution in [3.63, 3.8) is 0 Å². The van der Waals surface area contributed by atoms with E-state index in [-0.39, 0.29) is 46.6 Å². The Morgan fingerprint density at radius 3 is 1.96 bits per heavy atom. The summed E-state index contributed by atoms with van der Waals surface area (Å²) in [5.41, 5.74) is 2.64. The van der Waals surface area contributed by atoms with Gasteiger partial charge in [0.25, 0.3) is 17.4 Å². The molecule has 2 unspecified atom stereocenters. The third kappa shape index (κ3) is 18.6. The summed E-state index contributed by atoms with van der Waals surface area (Å²) in [5, 5.41) is 11.2. The molecule has 1 saturated carbocycles. The maximum absolute atomic E-state index is 15.1. The highest BCUT2D eigenvalue weighted by molar-refractivity contribution is 5.98. The highest BCUT2D eigenvalue weighted by Gasteiger charge is 2.36. The van der Waals surface area contributed by atoms with Gasteiger partial charge in [0.05, 0.1) is 23.2 Å². The molecule has 2 N–H and O–H groups in total. The molecule has 4 aromatic rings. The van der Waals surface area contributed by atoms with Crippen molar-refractivity contribution in [1.29, 1.82) is 0 Å². The molecule has 0 spiro atoms. The van der Waals surface area contributed by atoms with Crippen LogP contribution in [0.4, 0.5) is 4.39 Å². The first-order chi connectivity index (χ1) is 39.2. The lowest BCUT2D eigenvalue weighted by atomic mass is 9.83. The number of hydrogen-bond donors (Lipinski definition) is 2. The number of aldehydes is 1. The predicted octanol–water partition coefficient (Wildman–Crippen LogP) is 8.72.